The predicted molar refractivity (Wildman–Crippen MR) is 119 cm³/mol. The highest BCUT2D eigenvalue weighted by Crippen LogP contribution is 2.30. The molecule has 0 fully saturated rings. The molecule has 0 aliphatic heterocycles. The summed E-state index contributed by atoms with van der Waals surface area (Å²) in [6.45, 7) is 2.75. The Hall–Kier alpha value is -4.00. The molecule has 5 rings (SSSR count). The number of para-hydroxylation sites is 1. The average Bonchev–Trinajstić information content (AvgIpc) is 3.43. The van der Waals surface area contributed by atoms with Gasteiger partial charge in [-0.3, -0.25) is 0 Å². The van der Waals surface area contributed by atoms with Gasteiger partial charge in [-0.05, 0) is 30.7 Å². The number of ether oxygens (including phenoxy) is 1. The number of fused-ring (bicyclic) bond motifs is 1. The van der Waals surface area contributed by atoms with E-state index in [1.807, 2.05) is 29.0 Å². The second kappa shape index (κ2) is 8.02. The standard InChI is InChI=1S/C24H22N6O/c1-3-20-19(16-29-14-13-27-24(29)23-25-11-6-12-26-23)28-22-10-9-17(15-30(20)22)18-7-4-5-8-21(18)31-2/h4-15H,3,16H2,1-2H3. The van der Waals surface area contributed by atoms with E-state index >= 15 is 0 Å². The van der Waals surface area contributed by atoms with E-state index in [2.05, 4.69) is 50.7 Å². The van der Waals surface area contributed by atoms with Gasteiger partial charge >= 0.3 is 0 Å². The third-order valence-corrected chi connectivity index (χ3v) is 5.35. The fraction of sp³-hybridized carbons (Fsp3) is 0.167. The summed E-state index contributed by atoms with van der Waals surface area (Å²) >= 11 is 0. The number of hydrogen-bond donors (Lipinski definition) is 0. The molecule has 0 saturated carbocycles. The third-order valence-electron chi connectivity index (χ3n) is 5.35. The second-order valence-electron chi connectivity index (χ2n) is 7.16. The van der Waals surface area contributed by atoms with Gasteiger partial charge in [0.25, 0.3) is 0 Å². The zero-order valence-electron chi connectivity index (χ0n) is 17.4. The van der Waals surface area contributed by atoms with E-state index in [9.17, 15) is 0 Å². The summed E-state index contributed by atoms with van der Waals surface area (Å²) in [5.74, 6) is 2.19. The summed E-state index contributed by atoms with van der Waals surface area (Å²) in [7, 11) is 1.70. The molecule has 7 nitrogen and oxygen atoms in total. The molecule has 0 atom stereocenters. The maximum absolute atomic E-state index is 5.55. The van der Waals surface area contributed by atoms with Crippen LogP contribution in [0.2, 0.25) is 0 Å². The first kappa shape index (κ1) is 19.0. The lowest BCUT2D eigenvalue weighted by Gasteiger charge is -2.10. The highest BCUT2D eigenvalue weighted by Gasteiger charge is 2.16. The SMILES string of the molecule is CCc1c(Cn2ccnc2-c2ncccn2)nc2ccc(-c3ccccc3OC)cn12. The van der Waals surface area contributed by atoms with Crippen molar-refractivity contribution in [2.24, 2.45) is 0 Å². The molecule has 0 spiro atoms. The molecule has 0 amide bonds. The van der Waals surface area contributed by atoms with Crippen molar-refractivity contribution in [2.45, 2.75) is 19.9 Å². The average molecular weight is 410 g/mol. The molecule has 0 saturated heterocycles. The number of hydrogen-bond acceptors (Lipinski definition) is 5. The fourth-order valence-corrected chi connectivity index (χ4v) is 3.90. The van der Waals surface area contributed by atoms with Gasteiger partial charge in [0.05, 0.1) is 19.3 Å². The van der Waals surface area contributed by atoms with Crippen molar-refractivity contribution in [1.82, 2.24) is 28.9 Å². The van der Waals surface area contributed by atoms with Gasteiger partial charge in [-0.15, -0.1) is 0 Å². The van der Waals surface area contributed by atoms with Crippen LogP contribution < -0.4 is 4.74 Å². The summed E-state index contributed by atoms with van der Waals surface area (Å²) < 4.78 is 9.76. The monoisotopic (exact) mass is 410 g/mol. The summed E-state index contributed by atoms with van der Waals surface area (Å²) in [4.78, 5) is 18.0. The normalized spacial score (nSPS) is 11.2. The Labute approximate surface area is 180 Å². The Morgan fingerprint density at radius 1 is 0.935 bits per heavy atom. The van der Waals surface area contributed by atoms with E-state index in [1.54, 1.807) is 31.8 Å². The molecular weight excluding hydrogens is 388 g/mol. The minimum absolute atomic E-state index is 0.600. The largest absolute Gasteiger partial charge is 0.496 e. The number of pyridine rings is 1. The number of benzene rings is 1. The quantitative estimate of drug-likeness (QED) is 0.418. The summed E-state index contributed by atoms with van der Waals surface area (Å²) in [5.41, 5.74) is 5.24. The molecular formula is C24H22N6O. The topological polar surface area (TPSA) is 70.1 Å². The third kappa shape index (κ3) is 3.44. The number of methoxy groups -OCH3 is 1. The van der Waals surface area contributed by atoms with Crippen LogP contribution in [0.1, 0.15) is 18.3 Å². The first-order chi connectivity index (χ1) is 15.3. The molecule has 4 aromatic heterocycles. The van der Waals surface area contributed by atoms with Gasteiger partial charge in [-0.1, -0.05) is 25.1 Å². The molecule has 0 N–H and O–H groups in total. The van der Waals surface area contributed by atoms with Crippen molar-refractivity contribution in [3.63, 3.8) is 0 Å². The minimum Gasteiger partial charge on any atom is -0.496 e. The first-order valence-electron chi connectivity index (χ1n) is 10.2. The molecule has 0 aliphatic rings. The molecule has 154 valence electrons. The molecule has 1 aromatic carbocycles. The molecule has 4 heterocycles. The Balaban J connectivity index is 1.56. The summed E-state index contributed by atoms with van der Waals surface area (Å²) in [6.07, 6.45) is 10.2. The van der Waals surface area contributed by atoms with Gasteiger partial charge in [0.2, 0.25) is 0 Å². The van der Waals surface area contributed by atoms with Crippen molar-refractivity contribution in [1.29, 1.82) is 0 Å². The van der Waals surface area contributed by atoms with Crippen LogP contribution in [-0.4, -0.2) is 36.0 Å². The van der Waals surface area contributed by atoms with E-state index in [1.165, 1.54) is 5.69 Å². The minimum atomic E-state index is 0.600. The number of aryl methyl sites for hydroxylation is 1. The zero-order chi connectivity index (χ0) is 21.2. The van der Waals surface area contributed by atoms with Crippen LogP contribution in [0.25, 0.3) is 28.4 Å². The number of nitrogens with zero attached hydrogens (tertiary/aromatic N) is 6. The zero-order valence-corrected chi connectivity index (χ0v) is 17.4. The van der Waals surface area contributed by atoms with Gasteiger partial charge in [-0.2, -0.15) is 0 Å². The highest BCUT2D eigenvalue weighted by atomic mass is 16.5. The van der Waals surface area contributed by atoms with E-state index in [0.717, 1.165) is 40.5 Å². The number of imidazole rings is 2. The molecule has 0 aliphatic carbocycles. The van der Waals surface area contributed by atoms with Crippen LogP contribution in [0.3, 0.4) is 0 Å². The van der Waals surface area contributed by atoms with Crippen LogP contribution in [0.4, 0.5) is 0 Å². The molecule has 5 aromatic rings. The smallest absolute Gasteiger partial charge is 0.195 e. The Bertz CT molecular complexity index is 1340. The second-order valence-corrected chi connectivity index (χ2v) is 7.16. The van der Waals surface area contributed by atoms with Crippen LogP contribution in [0, 0.1) is 0 Å². The number of rotatable bonds is 6. The Kier molecular flexibility index (Phi) is 4.92. The lowest BCUT2D eigenvalue weighted by Crippen LogP contribution is -2.06. The summed E-state index contributed by atoms with van der Waals surface area (Å²) in [6, 6.07) is 14.0. The molecule has 0 bridgehead atoms. The van der Waals surface area contributed by atoms with Crippen molar-refractivity contribution in [3.05, 3.63) is 84.8 Å². The van der Waals surface area contributed by atoms with Gasteiger partial charge in [0.15, 0.2) is 11.6 Å². The van der Waals surface area contributed by atoms with E-state index < -0.39 is 0 Å². The number of aromatic nitrogens is 6. The van der Waals surface area contributed by atoms with Crippen LogP contribution in [0.5, 0.6) is 5.75 Å². The van der Waals surface area contributed by atoms with Gasteiger partial charge < -0.3 is 13.7 Å². The summed E-state index contributed by atoms with van der Waals surface area (Å²) in [5, 5.41) is 0. The maximum Gasteiger partial charge on any atom is 0.195 e. The van der Waals surface area contributed by atoms with Gasteiger partial charge in [0, 0.05) is 47.8 Å². The Morgan fingerprint density at radius 3 is 2.58 bits per heavy atom. The van der Waals surface area contributed by atoms with Gasteiger partial charge in [0.1, 0.15) is 11.4 Å². The first-order valence-corrected chi connectivity index (χ1v) is 10.2. The maximum atomic E-state index is 5.55. The Morgan fingerprint density at radius 2 is 1.77 bits per heavy atom. The van der Waals surface area contributed by atoms with Crippen LogP contribution >= 0.6 is 0 Å². The predicted octanol–water partition coefficient (Wildman–Crippen LogP) is 4.27. The van der Waals surface area contributed by atoms with Crippen molar-refractivity contribution in [2.75, 3.05) is 7.11 Å². The van der Waals surface area contributed by atoms with Crippen LogP contribution in [-0.2, 0) is 13.0 Å². The molecule has 7 heteroatoms. The van der Waals surface area contributed by atoms with Crippen molar-refractivity contribution < 1.29 is 4.74 Å². The molecule has 31 heavy (non-hydrogen) atoms. The lowest BCUT2D eigenvalue weighted by atomic mass is 10.1. The van der Waals surface area contributed by atoms with E-state index in [4.69, 9.17) is 9.72 Å². The van der Waals surface area contributed by atoms with E-state index in [-0.39, 0.29) is 0 Å². The van der Waals surface area contributed by atoms with Crippen molar-refractivity contribution >= 4 is 5.65 Å². The fourth-order valence-electron chi connectivity index (χ4n) is 3.90. The highest BCUT2D eigenvalue weighted by molar-refractivity contribution is 5.71. The lowest BCUT2D eigenvalue weighted by molar-refractivity contribution is 0.416. The van der Waals surface area contributed by atoms with Crippen LogP contribution in [0.15, 0.2) is 73.4 Å². The van der Waals surface area contributed by atoms with E-state index in [0.29, 0.717) is 12.4 Å². The molecule has 0 unspecified atom stereocenters. The van der Waals surface area contributed by atoms with Crippen molar-refractivity contribution in [3.8, 4) is 28.5 Å². The van der Waals surface area contributed by atoms with Gasteiger partial charge in [-0.25, -0.2) is 19.9 Å². The molecule has 0 radical (unpaired) electrons.